The van der Waals surface area contributed by atoms with Crippen LogP contribution in [0, 0.1) is 22.9 Å². The second-order valence-corrected chi connectivity index (χ2v) is 6.74. The molecule has 1 saturated carbocycles. The molecule has 0 spiro atoms. The van der Waals surface area contributed by atoms with Crippen LogP contribution in [-0.4, -0.2) is 60.5 Å². The summed E-state index contributed by atoms with van der Waals surface area (Å²) >= 11 is 0. The standard InChI is InChI=1S/C18H20F3N3O4/c1-2-28-17(27)24-9-7-23(8-10-24)16(26)18(5-6-18)15(25)22-12-4-3-11(19)13(20)14(12)21/h3-4H,2,5-10H2,1H3,(H,22,25). The van der Waals surface area contributed by atoms with E-state index >= 15 is 0 Å². The average Bonchev–Trinajstić information content (AvgIpc) is 3.50. The second-order valence-electron chi connectivity index (χ2n) is 6.74. The second kappa shape index (κ2) is 7.69. The summed E-state index contributed by atoms with van der Waals surface area (Å²) in [7, 11) is 0. The summed E-state index contributed by atoms with van der Waals surface area (Å²) in [6.07, 6.45) is 0.101. The van der Waals surface area contributed by atoms with Crippen LogP contribution in [0.1, 0.15) is 19.8 Å². The lowest BCUT2D eigenvalue weighted by atomic mass is 10.0. The Morgan fingerprint density at radius 2 is 1.64 bits per heavy atom. The van der Waals surface area contributed by atoms with E-state index < -0.39 is 46.5 Å². The van der Waals surface area contributed by atoms with E-state index in [1.165, 1.54) is 9.80 Å². The van der Waals surface area contributed by atoms with Crippen molar-refractivity contribution in [2.75, 3.05) is 38.1 Å². The van der Waals surface area contributed by atoms with Gasteiger partial charge in [0.25, 0.3) is 0 Å². The van der Waals surface area contributed by atoms with E-state index in [2.05, 4.69) is 5.32 Å². The summed E-state index contributed by atoms with van der Waals surface area (Å²) in [4.78, 5) is 40.1. The molecule has 1 aromatic rings. The number of nitrogens with zero attached hydrogens (tertiary/aromatic N) is 2. The quantitative estimate of drug-likeness (QED) is 0.622. The van der Waals surface area contributed by atoms with Crippen molar-refractivity contribution in [1.29, 1.82) is 0 Å². The molecule has 1 saturated heterocycles. The minimum absolute atomic E-state index is 0.242. The molecule has 7 nitrogen and oxygen atoms in total. The number of rotatable bonds is 4. The number of anilines is 1. The van der Waals surface area contributed by atoms with E-state index in [-0.39, 0.29) is 45.6 Å². The Bertz CT molecular complexity index is 806. The number of hydrogen-bond acceptors (Lipinski definition) is 4. The van der Waals surface area contributed by atoms with E-state index in [1.54, 1.807) is 6.92 Å². The molecule has 0 atom stereocenters. The van der Waals surface area contributed by atoms with Crippen LogP contribution in [0.3, 0.4) is 0 Å². The van der Waals surface area contributed by atoms with E-state index in [0.29, 0.717) is 6.07 Å². The molecule has 152 valence electrons. The Morgan fingerprint density at radius 3 is 2.21 bits per heavy atom. The molecule has 0 bridgehead atoms. The van der Waals surface area contributed by atoms with Gasteiger partial charge in [-0.25, -0.2) is 18.0 Å². The van der Waals surface area contributed by atoms with Crippen LogP contribution in [0.4, 0.5) is 23.7 Å². The van der Waals surface area contributed by atoms with Crippen molar-refractivity contribution < 1.29 is 32.3 Å². The molecule has 10 heteroatoms. The zero-order valence-electron chi connectivity index (χ0n) is 15.3. The molecule has 0 unspecified atom stereocenters. The molecule has 1 heterocycles. The number of piperazine rings is 1. The normalized spacial score (nSPS) is 17.9. The first kappa shape index (κ1) is 20.0. The third-order valence-corrected chi connectivity index (χ3v) is 4.97. The molecule has 28 heavy (non-hydrogen) atoms. The maximum absolute atomic E-state index is 13.8. The van der Waals surface area contributed by atoms with Crippen molar-refractivity contribution in [3.63, 3.8) is 0 Å². The van der Waals surface area contributed by atoms with Gasteiger partial charge in [-0.15, -0.1) is 0 Å². The van der Waals surface area contributed by atoms with Crippen LogP contribution in [0.2, 0.25) is 0 Å². The average molecular weight is 399 g/mol. The first-order valence-electron chi connectivity index (χ1n) is 8.96. The molecular formula is C18H20F3N3O4. The van der Waals surface area contributed by atoms with Crippen molar-refractivity contribution in [3.05, 3.63) is 29.6 Å². The number of amides is 3. The van der Waals surface area contributed by atoms with Crippen molar-refractivity contribution in [2.24, 2.45) is 5.41 Å². The monoisotopic (exact) mass is 399 g/mol. The van der Waals surface area contributed by atoms with E-state index in [9.17, 15) is 27.6 Å². The Morgan fingerprint density at radius 1 is 1.04 bits per heavy atom. The fraction of sp³-hybridized carbons (Fsp3) is 0.500. The number of nitrogens with one attached hydrogen (secondary N) is 1. The number of hydrogen-bond donors (Lipinski definition) is 1. The lowest BCUT2D eigenvalue weighted by molar-refractivity contribution is -0.143. The molecule has 3 rings (SSSR count). The van der Waals surface area contributed by atoms with Crippen molar-refractivity contribution in [3.8, 4) is 0 Å². The maximum atomic E-state index is 13.8. The fourth-order valence-electron chi connectivity index (χ4n) is 3.14. The Balaban J connectivity index is 1.64. The first-order chi connectivity index (χ1) is 13.3. The summed E-state index contributed by atoms with van der Waals surface area (Å²) < 4.78 is 45.1. The van der Waals surface area contributed by atoms with Gasteiger partial charge in [-0.2, -0.15) is 0 Å². The van der Waals surface area contributed by atoms with Crippen LogP contribution in [0.25, 0.3) is 0 Å². The number of carbonyl (C=O) groups is 3. The van der Waals surface area contributed by atoms with Gasteiger partial charge >= 0.3 is 6.09 Å². The van der Waals surface area contributed by atoms with Gasteiger partial charge in [0.1, 0.15) is 5.41 Å². The summed E-state index contributed by atoms with van der Waals surface area (Å²) in [6.45, 7) is 2.99. The highest BCUT2D eigenvalue weighted by Gasteiger charge is 2.58. The largest absolute Gasteiger partial charge is 0.450 e. The predicted molar refractivity (Wildman–Crippen MR) is 91.8 cm³/mol. The molecule has 2 fully saturated rings. The van der Waals surface area contributed by atoms with Crippen molar-refractivity contribution >= 4 is 23.6 Å². The molecule has 1 aliphatic heterocycles. The summed E-state index contributed by atoms with van der Waals surface area (Å²) in [5.41, 5.74) is -1.86. The Labute approximate surface area is 159 Å². The lowest BCUT2D eigenvalue weighted by Gasteiger charge is -2.35. The van der Waals surface area contributed by atoms with Gasteiger partial charge < -0.3 is 19.9 Å². The smallest absolute Gasteiger partial charge is 0.409 e. The van der Waals surface area contributed by atoms with Crippen LogP contribution in [0.5, 0.6) is 0 Å². The number of halogens is 3. The summed E-state index contributed by atoms with van der Waals surface area (Å²) in [5.74, 6) is -5.75. The SMILES string of the molecule is CCOC(=O)N1CCN(C(=O)C2(C(=O)Nc3ccc(F)c(F)c3F)CC2)CC1. The highest BCUT2D eigenvalue weighted by molar-refractivity contribution is 6.13. The Hall–Kier alpha value is -2.78. The topological polar surface area (TPSA) is 79.0 Å². The third-order valence-electron chi connectivity index (χ3n) is 4.97. The van der Waals surface area contributed by atoms with Crippen molar-refractivity contribution in [1.82, 2.24) is 9.80 Å². The van der Waals surface area contributed by atoms with Gasteiger partial charge in [0, 0.05) is 26.2 Å². The lowest BCUT2D eigenvalue weighted by Crippen LogP contribution is -2.53. The highest BCUT2D eigenvalue weighted by Crippen LogP contribution is 2.48. The number of benzene rings is 1. The van der Waals surface area contributed by atoms with Gasteiger partial charge in [-0.1, -0.05) is 0 Å². The Kier molecular flexibility index (Phi) is 5.48. The molecule has 0 radical (unpaired) electrons. The maximum Gasteiger partial charge on any atom is 0.409 e. The minimum atomic E-state index is -1.69. The highest BCUT2D eigenvalue weighted by atomic mass is 19.2. The van der Waals surface area contributed by atoms with E-state index in [0.717, 1.165) is 6.07 Å². The van der Waals surface area contributed by atoms with Crippen LogP contribution in [0.15, 0.2) is 12.1 Å². The van der Waals surface area contributed by atoms with Gasteiger partial charge in [-0.3, -0.25) is 9.59 Å². The zero-order valence-corrected chi connectivity index (χ0v) is 15.3. The molecule has 1 aliphatic carbocycles. The summed E-state index contributed by atoms with van der Waals surface area (Å²) in [5, 5.41) is 2.19. The van der Waals surface area contributed by atoms with Crippen LogP contribution >= 0.6 is 0 Å². The molecule has 1 aromatic carbocycles. The molecule has 3 amide bonds. The zero-order chi connectivity index (χ0) is 20.5. The molecule has 2 aliphatic rings. The van der Waals surface area contributed by atoms with Gasteiger partial charge in [0.05, 0.1) is 12.3 Å². The third kappa shape index (κ3) is 3.63. The first-order valence-corrected chi connectivity index (χ1v) is 8.96. The van der Waals surface area contributed by atoms with Gasteiger partial charge in [0.2, 0.25) is 11.8 Å². The van der Waals surface area contributed by atoms with Gasteiger partial charge in [0.15, 0.2) is 17.5 Å². The van der Waals surface area contributed by atoms with E-state index in [4.69, 9.17) is 4.74 Å². The predicted octanol–water partition coefficient (Wildman–Crippen LogP) is 2.12. The van der Waals surface area contributed by atoms with Crippen LogP contribution < -0.4 is 5.32 Å². The molecular weight excluding hydrogens is 379 g/mol. The summed E-state index contributed by atoms with van der Waals surface area (Å²) in [6, 6.07) is 1.61. The number of ether oxygens (including phenoxy) is 1. The van der Waals surface area contributed by atoms with Gasteiger partial charge in [-0.05, 0) is 31.9 Å². The minimum Gasteiger partial charge on any atom is -0.450 e. The number of carbonyl (C=O) groups excluding carboxylic acids is 3. The molecule has 0 aromatic heterocycles. The van der Waals surface area contributed by atoms with Crippen LogP contribution in [-0.2, 0) is 14.3 Å². The fourth-order valence-corrected chi connectivity index (χ4v) is 3.14. The molecule has 1 N–H and O–H groups in total. The van der Waals surface area contributed by atoms with E-state index in [1.807, 2.05) is 0 Å². The van der Waals surface area contributed by atoms with Crippen molar-refractivity contribution in [2.45, 2.75) is 19.8 Å².